The van der Waals surface area contributed by atoms with Crippen molar-refractivity contribution in [1.82, 2.24) is 15.1 Å². The monoisotopic (exact) mass is 343 g/mol. The molecule has 1 atom stereocenters. The number of anilines is 2. The first kappa shape index (κ1) is 16.3. The summed E-state index contributed by atoms with van der Waals surface area (Å²) >= 11 is 0. The number of hydrogen-bond donors (Lipinski definition) is 1. The molecule has 0 bridgehead atoms. The molecular formula is C18H25N5O2. The fourth-order valence-electron chi connectivity index (χ4n) is 3.17. The zero-order valence-electron chi connectivity index (χ0n) is 14.9. The summed E-state index contributed by atoms with van der Waals surface area (Å²) in [5.74, 6) is 3.55. The van der Waals surface area contributed by atoms with Gasteiger partial charge < -0.3 is 19.5 Å². The molecule has 4 rings (SSSR count). The summed E-state index contributed by atoms with van der Waals surface area (Å²) in [5.41, 5.74) is 1.97. The Hall–Kier alpha value is -2.15. The van der Waals surface area contributed by atoms with Gasteiger partial charge in [0.15, 0.2) is 0 Å². The fourth-order valence-corrected chi connectivity index (χ4v) is 3.17. The lowest BCUT2D eigenvalue weighted by Gasteiger charge is -2.18. The molecule has 3 heterocycles. The quantitative estimate of drug-likeness (QED) is 0.828. The van der Waals surface area contributed by atoms with Gasteiger partial charge in [-0.25, -0.2) is 9.97 Å². The van der Waals surface area contributed by atoms with Crippen LogP contribution in [0.3, 0.4) is 0 Å². The van der Waals surface area contributed by atoms with Gasteiger partial charge in [0.05, 0.1) is 18.4 Å². The highest BCUT2D eigenvalue weighted by Crippen LogP contribution is 2.29. The third-order valence-electron chi connectivity index (χ3n) is 5.04. The van der Waals surface area contributed by atoms with Crippen LogP contribution in [0.25, 0.3) is 0 Å². The lowest BCUT2D eigenvalue weighted by Crippen LogP contribution is -2.24. The molecule has 0 unspecified atom stereocenters. The van der Waals surface area contributed by atoms with E-state index in [1.807, 2.05) is 19.9 Å². The minimum atomic E-state index is 0.200. The third-order valence-corrected chi connectivity index (χ3v) is 5.04. The van der Waals surface area contributed by atoms with Crippen LogP contribution in [0.5, 0.6) is 0 Å². The summed E-state index contributed by atoms with van der Waals surface area (Å²) in [6, 6.07) is 2.04. The maximum atomic E-state index is 6.08. The van der Waals surface area contributed by atoms with Crippen molar-refractivity contribution in [2.45, 2.75) is 45.8 Å². The second-order valence-corrected chi connectivity index (χ2v) is 7.06. The van der Waals surface area contributed by atoms with Crippen molar-refractivity contribution < 1.29 is 9.26 Å². The number of rotatable bonds is 7. The first-order valence-corrected chi connectivity index (χ1v) is 9.03. The number of ether oxygens (including phenoxy) is 1. The summed E-state index contributed by atoms with van der Waals surface area (Å²) in [4.78, 5) is 11.0. The van der Waals surface area contributed by atoms with Crippen molar-refractivity contribution in [2.24, 2.45) is 5.92 Å². The second-order valence-electron chi connectivity index (χ2n) is 7.06. The van der Waals surface area contributed by atoms with E-state index < -0.39 is 0 Å². The zero-order chi connectivity index (χ0) is 17.2. The maximum Gasteiger partial charge on any atom is 0.139 e. The molecule has 2 fully saturated rings. The number of aromatic nitrogens is 3. The molecular weight excluding hydrogens is 318 g/mol. The third kappa shape index (κ3) is 3.92. The SMILES string of the molecule is Cc1noc(C)c1CO[C@H]1CCN(c2cc(NCC3CC3)ncn2)C1. The Bertz CT molecular complexity index is 709. The largest absolute Gasteiger partial charge is 0.371 e. The average molecular weight is 343 g/mol. The highest BCUT2D eigenvalue weighted by Gasteiger charge is 2.25. The molecule has 1 N–H and O–H groups in total. The van der Waals surface area contributed by atoms with Crippen LogP contribution >= 0.6 is 0 Å². The van der Waals surface area contributed by atoms with Crippen LogP contribution < -0.4 is 10.2 Å². The number of nitrogens with zero attached hydrogens (tertiary/aromatic N) is 4. The van der Waals surface area contributed by atoms with Gasteiger partial charge in [-0.15, -0.1) is 0 Å². The van der Waals surface area contributed by atoms with E-state index in [9.17, 15) is 0 Å². The van der Waals surface area contributed by atoms with Gasteiger partial charge in [-0.1, -0.05) is 5.16 Å². The van der Waals surface area contributed by atoms with Crippen molar-refractivity contribution >= 4 is 11.6 Å². The Labute approximate surface area is 147 Å². The van der Waals surface area contributed by atoms with Gasteiger partial charge in [0.1, 0.15) is 23.7 Å². The van der Waals surface area contributed by atoms with Crippen LogP contribution in [0.15, 0.2) is 16.9 Å². The van der Waals surface area contributed by atoms with E-state index in [-0.39, 0.29) is 6.10 Å². The van der Waals surface area contributed by atoms with Crippen molar-refractivity contribution in [3.05, 3.63) is 29.4 Å². The van der Waals surface area contributed by atoms with Gasteiger partial charge in [0, 0.05) is 31.3 Å². The predicted molar refractivity (Wildman–Crippen MR) is 94.6 cm³/mol. The topological polar surface area (TPSA) is 76.3 Å². The smallest absolute Gasteiger partial charge is 0.139 e. The Balaban J connectivity index is 1.31. The normalized spacial score (nSPS) is 20.2. The molecule has 1 aliphatic carbocycles. The summed E-state index contributed by atoms with van der Waals surface area (Å²) in [6.45, 7) is 7.25. The molecule has 1 saturated heterocycles. The Kier molecular flexibility index (Phi) is 4.57. The molecule has 0 radical (unpaired) electrons. The lowest BCUT2D eigenvalue weighted by atomic mass is 10.2. The molecule has 0 amide bonds. The molecule has 1 aliphatic heterocycles. The summed E-state index contributed by atoms with van der Waals surface area (Å²) in [7, 11) is 0. The van der Waals surface area contributed by atoms with Crippen LogP contribution in [0, 0.1) is 19.8 Å². The van der Waals surface area contributed by atoms with E-state index in [1.54, 1.807) is 6.33 Å². The Morgan fingerprint density at radius 3 is 2.92 bits per heavy atom. The van der Waals surface area contributed by atoms with E-state index in [1.165, 1.54) is 12.8 Å². The van der Waals surface area contributed by atoms with Crippen molar-refractivity contribution in [3.8, 4) is 0 Å². The molecule has 2 aliphatic rings. The summed E-state index contributed by atoms with van der Waals surface area (Å²) < 4.78 is 11.3. The molecule has 0 spiro atoms. The molecule has 0 aromatic carbocycles. The van der Waals surface area contributed by atoms with E-state index in [2.05, 4.69) is 25.3 Å². The Morgan fingerprint density at radius 2 is 2.16 bits per heavy atom. The van der Waals surface area contributed by atoms with Crippen molar-refractivity contribution in [3.63, 3.8) is 0 Å². The van der Waals surface area contributed by atoms with Crippen molar-refractivity contribution in [1.29, 1.82) is 0 Å². The first-order valence-electron chi connectivity index (χ1n) is 9.03. The standard InChI is InChI=1S/C18H25N5O2/c1-12-16(13(2)25-22-12)10-24-15-5-6-23(9-15)18-7-17(20-11-21-18)19-8-14-3-4-14/h7,11,14-15H,3-6,8-10H2,1-2H3,(H,19,20,21)/t15-/m0/s1. The zero-order valence-corrected chi connectivity index (χ0v) is 14.9. The van der Waals surface area contributed by atoms with Crippen LogP contribution in [0.1, 0.15) is 36.3 Å². The maximum absolute atomic E-state index is 6.08. The van der Waals surface area contributed by atoms with E-state index in [0.717, 1.165) is 60.6 Å². The molecule has 7 nitrogen and oxygen atoms in total. The van der Waals surface area contributed by atoms with Crippen LogP contribution in [-0.4, -0.2) is 40.9 Å². The van der Waals surface area contributed by atoms with Gasteiger partial charge in [0.2, 0.25) is 0 Å². The van der Waals surface area contributed by atoms with Crippen molar-refractivity contribution in [2.75, 3.05) is 29.9 Å². The number of nitrogens with one attached hydrogen (secondary N) is 1. The van der Waals surface area contributed by atoms with Crippen LogP contribution in [0.2, 0.25) is 0 Å². The minimum absolute atomic E-state index is 0.200. The molecule has 25 heavy (non-hydrogen) atoms. The Morgan fingerprint density at radius 1 is 1.28 bits per heavy atom. The highest BCUT2D eigenvalue weighted by molar-refractivity contribution is 5.49. The molecule has 2 aromatic rings. The fraction of sp³-hybridized carbons (Fsp3) is 0.611. The molecule has 7 heteroatoms. The lowest BCUT2D eigenvalue weighted by molar-refractivity contribution is 0.0544. The summed E-state index contributed by atoms with van der Waals surface area (Å²) in [6.07, 6.45) is 5.51. The van der Waals surface area contributed by atoms with E-state index in [0.29, 0.717) is 6.61 Å². The molecule has 1 saturated carbocycles. The van der Waals surface area contributed by atoms with Crippen LogP contribution in [-0.2, 0) is 11.3 Å². The van der Waals surface area contributed by atoms with Crippen LogP contribution in [0.4, 0.5) is 11.6 Å². The second kappa shape index (κ2) is 7.00. The number of aryl methyl sites for hydroxylation is 2. The van der Waals surface area contributed by atoms with E-state index in [4.69, 9.17) is 9.26 Å². The summed E-state index contributed by atoms with van der Waals surface area (Å²) in [5, 5.41) is 7.39. The van der Waals surface area contributed by atoms with Gasteiger partial charge in [-0.2, -0.15) is 0 Å². The molecule has 2 aromatic heterocycles. The predicted octanol–water partition coefficient (Wildman–Crippen LogP) is 2.70. The highest BCUT2D eigenvalue weighted by atomic mass is 16.5. The minimum Gasteiger partial charge on any atom is -0.371 e. The van der Waals surface area contributed by atoms with Gasteiger partial charge in [0.25, 0.3) is 0 Å². The van der Waals surface area contributed by atoms with E-state index >= 15 is 0 Å². The molecule has 134 valence electrons. The van der Waals surface area contributed by atoms with Gasteiger partial charge >= 0.3 is 0 Å². The van der Waals surface area contributed by atoms with Gasteiger partial charge in [-0.3, -0.25) is 0 Å². The first-order chi connectivity index (χ1) is 12.2. The average Bonchev–Trinajstić information content (AvgIpc) is 3.24. The number of hydrogen-bond acceptors (Lipinski definition) is 7. The van der Waals surface area contributed by atoms with Gasteiger partial charge in [-0.05, 0) is 39.0 Å².